The SMILES string of the molecule is CC(C)=NNc1ccc(C(=O)NCc2cccc(S(=O)(=O)O)c2)cn1. The molecule has 2 aromatic rings. The number of aromatic nitrogens is 1. The van der Waals surface area contributed by atoms with Gasteiger partial charge in [0.1, 0.15) is 5.82 Å². The molecule has 0 unspecified atom stereocenters. The lowest BCUT2D eigenvalue weighted by Crippen LogP contribution is -2.23. The fourth-order valence-corrected chi connectivity index (χ4v) is 2.41. The van der Waals surface area contributed by atoms with E-state index in [0.29, 0.717) is 16.9 Å². The molecule has 0 fully saturated rings. The summed E-state index contributed by atoms with van der Waals surface area (Å²) >= 11 is 0. The molecule has 1 amide bonds. The monoisotopic (exact) mass is 362 g/mol. The number of pyridine rings is 1. The highest BCUT2D eigenvalue weighted by Crippen LogP contribution is 2.11. The normalized spacial score (nSPS) is 10.8. The standard InChI is InChI=1S/C16H18N4O4S/c1-11(2)19-20-15-7-6-13(10-17-15)16(21)18-9-12-4-3-5-14(8-12)25(22,23)24/h3-8,10H,9H2,1-2H3,(H,17,20)(H,18,21)(H,22,23,24). The number of hydrazone groups is 1. The Kier molecular flexibility index (Phi) is 5.84. The quantitative estimate of drug-likeness (QED) is 0.411. The van der Waals surface area contributed by atoms with Crippen LogP contribution in [0, 0.1) is 0 Å². The van der Waals surface area contributed by atoms with Gasteiger partial charge in [-0.3, -0.25) is 14.8 Å². The minimum Gasteiger partial charge on any atom is -0.348 e. The van der Waals surface area contributed by atoms with Crippen molar-refractivity contribution in [1.82, 2.24) is 10.3 Å². The average molecular weight is 362 g/mol. The molecule has 0 aliphatic rings. The number of nitrogens with zero attached hydrogens (tertiary/aromatic N) is 2. The van der Waals surface area contributed by atoms with Crippen molar-refractivity contribution in [2.45, 2.75) is 25.3 Å². The summed E-state index contributed by atoms with van der Waals surface area (Å²) in [5.74, 6) is 0.157. The van der Waals surface area contributed by atoms with E-state index in [1.54, 1.807) is 18.2 Å². The molecule has 0 aliphatic carbocycles. The molecule has 0 atom stereocenters. The molecule has 8 nitrogen and oxygen atoms in total. The largest absolute Gasteiger partial charge is 0.348 e. The fraction of sp³-hybridized carbons (Fsp3) is 0.188. The molecule has 3 N–H and O–H groups in total. The van der Waals surface area contributed by atoms with Crippen LogP contribution in [-0.2, 0) is 16.7 Å². The zero-order valence-electron chi connectivity index (χ0n) is 13.7. The number of benzene rings is 1. The summed E-state index contributed by atoms with van der Waals surface area (Å²) in [7, 11) is -4.27. The highest BCUT2D eigenvalue weighted by molar-refractivity contribution is 7.85. The number of carbonyl (C=O) groups excluding carboxylic acids is 1. The van der Waals surface area contributed by atoms with Gasteiger partial charge in [-0.25, -0.2) is 4.98 Å². The summed E-state index contributed by atoms with van der Waals surface area (Å²) in [6.07, 6.45) is 1.41. The smallest absolute Gasteiger partial charge is 0.294 e. The van der Waals surface area contributed by atoms with Gasteiger partial charge in [0.25, 0.3) is 16.0 Å². The second-order valence-corrected chi connectivity index (χ2v) is 6.83. The van der Waals surface area contributed by atoms with Crippen LogP contribution < -0.4 is 10.7 Å². The molecule has 1 aromatic carbocycles. The molecule has 132 valence electrons. The second-order valence-electron chi connectivity index (χ2n) is 5.41. The topological polar surface area (TPSA) is 121 Å². The third kappa shape index (κ3) is 5.66. The van der Waals surface area contributed by atoms with Gasteiger partial charge in [0.05, 0.1) is 10.5 Å². The van der Waals surface area contributed by atoms with E-state index in [-0.39, 0.29) is 17.3 Å². The van der Waals surface area contributed by atoms with Crippen LogP contribution in [0.3, 0.4) is 0 Å². The van der Waals surface area contributed by atoms with Gasteiger partial charge in [0.2, 0.25) is 0 Å². The number of hydrogen-bond donors (Lipinski definition) is 3. The zero-order valence-corrected chi connectivity index (χ0v) is 14.5. The number of nitrogens with one attached hydrogen (secondary N) is 2. The van der Waals surface area contributed by atoms with E-state index in [2.05, 4.69) is 20.8 Å². The zero-order chi connectivity index (χ0) is 18.4. The van der Waals surface area contributed by atoms with Crippen LogP contribution >= 0.6 is 0 Å². The molecule has 0 spiro atoms. The maximum Gasteiger partial charge on any atom is 0.294 e. The van der Waals surface area contributed by atoms with E-state index in [9.17, 15) is 13.2 Å². The molecular formula is C16H18N4O4S. The van der Waals surface area contributed by atoms with Crippen LogP contribution in [0.25, 0.3) is 0 Å². The van der Waals surface area contributed by atoms with Gasteiger partial charge in [-0.1, -0.05) is 12.1 Å². The minimum atomic E-state index is -4.27. The first-order valence-electron chi connectivity index (χ1n) is 7.33. The van der Waals surface area contributed by atoms with Crippen LogP contribution in [-0.4, -0.2) is 29.6 Å². The Labute approximate surface area is 145 Å². The van der Waals surface area contributed by atoms with Crippen molar-refractivity contribution in [3.63, 3.8) is 0 Å². The van der Waals surface area contributed by atoms with Gasteiger partial charge in [-0.15, -0.1) is 0 Å². The van der Waals surface area contributed by atoms with Crippen molar-refractivity contribution in [2.75, 3.05) is 5.43 Å². The summed E-state index contributed by atoms with van der Waals surface area (Å²) < 4.78 is 31.3. The molecule has 1 aromatic heterocycles. The highest BCUT2D eigenvalue weighted by atomic mass is 32.2. The van der Waals surface area contributed by atoms with Gasteiger partial charge in [-0.05, 0) is 43.7 Å². The van der Waals surface area contributed by atoms with E-state index in [1.165, 1.54) is 24.4 Å². The van der Waals surface area contributed by atoms with E-state index in [1.807, 2.05) is 13.8 Å². The summed E-state index contributed by atoms with van der Waals surface area (Å²) in [4.78, 5) is 16.0. The average Bonchev–Trinajstić information content (AvgIpc) is 2.58. The van der Waals surface area contributed by atoms with Crippen molar-refractivity contribution in [1.29, 1.82) is 0 Å². The summed E-state index contributed by atoms with van der Waals surface area (Å²) in [6.45, 7) is 3.79. The Bertz CT molecular complexity index is 889. The van der Waals surface area contributed by atoms with E-state index >= 15 is 0 Å². The molecule has 0 radical (unpaired) electrons. The molecule has 0 saturated carbocycles. The highest BCUT2D eigenvalue weighted by Gasteiger charge is 2.11. The Morgan fingerprint density at radius 1 is 1.24 bits per heavy atom. The van der Waals surface area contributed by atoms with E-state index in [4.69, 9.17) is 4.55 Å². The maximum absolute atomic E-state index is 12.1. The molecule has 0 aliphatic heterocycles. The first kappa shape index (κ1) is 18.6. The first-order chi connectivity index (χ1) is 11.8. The molecule has 1 heterocycles. The summed E-state index contributed by atoms with van der Waals surface area (Å²) in [5, 5.41) is 6.67. The van der Waals surface area contributed by atoms with Gasteiger partial charge in [0, 0.05) is 18.5 Å². The number of amides is 1. The van der Waals surface area contributed by atoms with Gasteiger partial charge in [0.15, 0.2) is 0 Å². The number of rotatable bonds is 6. The lowest BCUT2D eigenvalue weighted by molar-refractivity contribution is 0.0950. The molecule has 25 heavy (non-hydrogen) atoms. The number of anilines is 1. The fourth-order valence-electron chi connectivity index (χ4n) is 1.86. The van der Waals surface area contributed by atoms with Gasteiger partial charge >= 0.3 is 0 Å². The first-order valence-corrected chi connectivity index (χ1v) is 8.77. The predicted molar refractivity (Wildman–Crippen MR) is 94.1 cm³/mol. The maximum atomic E-state index is 12.1. The lowest BCUT2D eigenvalue weighted by atomic mass is 10.2. The molecule has 2 rings (SSSR count). The Morgan fingerprint density at radius 3 is 2.60 bits per heavy atom. The van der Waals surface area contributed by atoms with Gasteiger partial charge in [-0.2, -0.15) is 13.5 Å². The molecule has 0 saturated heterocycles. The molecule has 0 bridgehead atoms. The predicted octanol–water partition coefficient (Wildman–Crippen LogP) is 2.07. The van der Waals surface area contributed by atoms with E-state index in [0.717, 1.165) is 5.71 Å². The van der Waals surface area contributed by atoms with Crippen LogP contribution in [0.4, 0.5) is 5.82 Å². The second kappa shape index (κ2) is 7.86. The number of carbonyl (C=O) groups is 1. The van der Waals surface area contributed by atoms with Crippen molar-refractivity contribution >= 4 is 27.6 Å². The van der Waals surface area contributed by atoms with Crippen LogP contribution in [0.5, 0.6) is 0 Å². The van der Waals surface area contributed by atoms with Crippen LogP contribution in [0.15, 0.2) is 52.6 Å². The Morgan fingerprint density at radius 2 is 2.00 bits per heavy atom. The van der Waals surface area contributed by atoms with Crippen molar-refractivity contribution in [2.24, 2.45) is 5.10 Å². The third-order valence-corrected chi connectivity index (χ3v) is 3.92. The summed E-state index contributed by atoms with van der Waals surface area (Å²) in [6, 6.07) is 8.93. The third-order valence-electron chi connectivity index (χ3n) is 3.07. The van der Waals surface area contributed by atoms with Crippen molar-refractivity contribution in [3.8, 4) is 0 Å². The van der Waals surface area contributed by atoms with Crippen molar-refractivity contribution < 1.29 is 17.8 Å². The Hall–Kier alpha value is -2.78. The van der Waals surface area contributed by atoms with E-state index < -0.39 is 10.1 Å². The molecular weight excluding hydrogens is 344 g/mol. The van der Waals surface area contributed by atoms with Crippen molar-refractivity contribution in [3.05, 3.63) is 53.7 Å². The lowest BCUT2D eigenvalue weighted by Gasteiger charge is -2.07. The van der Waals surface area contributed by atoms with Crippen LogP contribution in [0.1, 0.15) is 29.8 Å². The minimum absolute atomic E-state index is 0.113. The summed E-state index contributed by atoms with van der Waals surface area (Å²) in [5.41, 5.74) is 4.50. The molecule has 9 heteroatoms. The van der Waals surface area contributed by atoms with Gasteiger partial charge < -0.3 is 5.32 Å². The Balaban J connectivity index is 2.00. The van der Waals surface area contributed by atoms with Crippen LogP contribution in [0.2, 0.25) is 0 Å². The number of hydrogen-bond acceptors (Lipinski definition) is 6.